The van der Waals surface area contributed by atoms with E-state index in [-0.39, 0.29) is 23.3 Å². The van der Waals surface area contributed by atoms with Crippen LogP contribution in [0.3, 0.4) is 0 Å². The van der Waals surface area contributed by atoms with Gasteiger partial charge in [-0.1, -0.05) is 24.3 Å². The van der Waals surface area contributed by atoms with E-state index in [0.29, 0.717) is 19.4 Å². The van der Waals surface area contributed by atoms with Crippen molar-refractivity contribution in [2.24, 2.45) is 5.92 Å². The lowest BCUT2D eigenvalue weighted by Gasteiger charge is -2.31. The molecule has 6 heteroatoms. The number of aryl methyl sites for hydroxylation is 2. The van der Waals surface area contributed by atoms with Gasteiger partial charge in [0.25, 0.3) is 0 Å². The molecule has 1 atom stereocenters. The van der Waals surface area contributed by atoms with Gasteiger partial charge in [-0.05, 0) is 62.1 Å². The molecule has 0 aliphatic carbocycles. The fraction of sp³-hybridized carbons (Fsp3) is 0.350. The fourth-order valence-electron chi connectivity index (χ4n) is 3.18. The maximum atomic E-state index is 12.8. The van der Waals surface area contributed by atoms with Crippen molar-refractivity contribution >= 4 is 21.6 Å². The molecule has 5 nitrogen and oxygen atoms in total. The van der Waals surface area contributed by atoms with E-state index in [4.69, 9.17) is 0 Å². The minimum absolute atomic E-state index is 0.124. The van der Waals surface area contributed by atoms with Crippen molar-refractivity contribution in [3.05, 3.63) is 59.7 Å². The number of carbonyl (C=O) groups excluding carboxylic acids is 1. The first-order valence-electron chi connectivity index (χ1n) is 8.81. The Labute approximate surface area is 155 Å². The zero-order valence-corrected chi connectivity index (χ0v) is 15.9. The number of rotatable bonds is 4. The van der Waals surface area contributed by atoms with Crippen LogP contribution in [-0.2, 0) is 14.8 Å². The van der Waals surface area contributed by atoms with E-state index >= 15 is 0 Å². The average molecular weight is 372 g/mol. The number of benzene rings is 2. The van der Waals surface area contributed by atoms with Gasteiger partial charge in [0.15, 0.2) is 0 Å². The number of hydrogen-bond acceptors (Lipinski definition) is 3. The topological polar surface area (TPSA) is 66.5 Å². The molecule has 3 rings (SSSR count). The number of carbonyl (C=O) groups is 1. The summed E-state index contributed by atoms with van der Waals surface area (Å²) in [6, 6.07) is 14.2. The first-order valence-corrected chi connectivity index (χ1v) is 10.3. The van der Waals surface area contributed by atoms with E-state index < -0.39 is 10.0 Å². The molecule has 2 aromatic rings. The summed E-state index contributed by atoms with van der Waals surface area (Å²) in [7, 11) is -3.56. The number of nitrogens with zero attached hydrogens (tertiary/aromatic N) is 1. The quantitative estimate of drug-likeness (QED) is 0.895. The summed E-state index contributed by atoms with van der Waals surface area (Å²) in [5.41, 5.74) is 3.03. The Kier molecular flexibility index (Phi) is 5.44. The number of anilines is 1. The molecule has 138 valence electrons. The lowest BCUT2D eigenvalue weighted by atomic mass is 9.98. The SMILES string of the molecule is Cc1ccc(NC(=O)C2CCCN(S(=O)(=O)c3ccccc3)C2)cc1C. The Morgan fingerprint density at radius 2 is 1.81 bits per heavy atom. The lowest BCUT2D eigenvalue weighted by Crippen LogP contribution is -2.43. The van der Waals surface area contributed by atoms with Crippen LogP contribution in [0.25, 0.3) is 0 Å². The highest BCUT2D eigenvalue weighted by atomic mass is 32.2. The third kappa shape index (κ3) is 3.97. The van der Waals surface area contributed by atoms with Crippen molar-refractivity contribution < 1.29 is 13.2 Å². The first kappa shape index (κ1) is 18.6. The minimum Gasteiger partial charge on any atom is -0.326 e. The zero-order valence-electron chi connectivity index (χ0n) is 15.1. The maximum absolute atomic E-state index is 12.8. The Bertz CT molecular complexity index is 895. The smallest absolute Gasteiger partial charge is 0.243 e. The fourth-order valence-corrected chi connectivity index (χ4v) is 4.72. The second kappa shape index (κ2) is 7.60. The second-order valence-electron chi connectivity index (χ2n) is 6.80. The van der Waals surface area contributed by atoms with Gasteiger partial charge >= 0.3 is 0 Å². The van der Waals surface area contributed by atoms with Gasteiger partial charge in [0.05, 0.1) is 10.8 Å². The van der Waals surface area contributed by atoms with E-state index in [2.05, 4.69) is 5.32 Å². The molecule has 0 spiro atoms. The van der Waals surface area contributed by atoms with Gasteiger partial charge in [-0.15, -0.1) is 0 Å². The summed E-state index contributed by atoms with van der Waals surface area (Å²) < 4.78 is 27.0. The molecule has 1 fully saturated rings. The molecular formula is C20H24N2O3S. The molecule has 1 amide bonds. The molecular weight excluding hydrogens is 348 g/mol. The van der Waals surface area contributed by atoms with Crippen molar-refractivity contribution in [2.45, 2.75) is 31.6 Å². The molecule has 1 aliphatic rings. The first-order chi connectivity index (χ1) is 12.4. The predicted molar refractivity (Wildman–Crippen MR) is 102 cm³/mol. The molecule has 0 aromatic heterocycles. The summed E-state index contributed by atoms with van der Waals surface area (Å²) in [5, 5.41) is 2.93. The largest absolute Gasteiger partial charge is 0.326 e. The van der Waals surface area contributed by atoms with Crippen molar-refractivity contribution in [1.29, 1.82) is 0 Å². The van der Waals surface area contributed by atoms with Gasteiger partial charge in [0.2, 0.25) is 15.9 Å². The molecule has 1 N–H and O–H groups in total. The van der Waals surface area contributed by atoms with Gasteiger partial charge in [0.1, 0.15) is 0 Å². The summed E-state index contributed by atoms with van der Waals surface area (Å²) in [6.45, 7) is 4.69. The Hall–Kier alpha value is -2.18. The second-order valence-corrected chi connectivity index (χ2v) is 8.74. The third-order valence-corrected chi connectivity index (χ3v) is 6.79. The van der Waals surface area contributed by atoms with Crippen molar-refractivity contribution in [1.82, 2.24) is 4.31 Å². The van der Waals surface area contributed by atoms with E-state index in [1.807, 2.05) is 32.0 Å². The molecule has 26 heavy (non-hydrogen) atoms. The number of hydrogen-bond donors (Lipinski definition) is 1. The molecule has 1 saturated heterocycles. The van der Waals surface area contributed by atoms with Crippen LogP contribution >= 0.6 is 0 Å². The summed E-state index contributed by atoms with van der Waals surface area (Å²) in [5.74, 6) is -0.468. The zero-order chi connectivity index (χ0) is 18.7. The normalized spacial score (nSPS) is 18.5. The number of nitrogens with one attached hydrogen (secondary N) is 1. The minimum atomic E-state index is -3.56. The summed E-state index contributed by atoms with van der Waals surface area (Å²) in [4.78, 5) is 12.9. The highest BCUT2D eigenvalue weighted by Gasteiger charge is 2.33. The average Bonchev–Trinajstić information content (AvgIpc) is 2.65. The van der Waals surface area contributed by atoms with Crippen LogP contribution in [0.1, 0.15) is 24.0 Å². The van der Waals surface area contributed by atoms with Gasteiger partial charge in [0, 0.05) is 18.8 Å². The molecule has 0 radical (unpaired) electrons. The van der Waals surface area contributed by atoms with E-state index in [1.54, 1.807) is 30.3 Å². The molecule has 0 bridgehead atoms. The van der Waals surface area contributed by atoms with Gasteiger partial charge in [-0.2, -0.15) is 4.31 Å². The number of amides is 1. The van der Waals surface area contributed by atoms with E-state index in [1.165, 1.54) is 9.87 Å². The van der Waals surface area contributed by atoms with Crippen LogP contribution in [0.15, 0.2) is 53.4 Å². The maximum Gasteiger partial charge on any atom is 0.243 e. The standard InChI is InChI=1S/C20H24N2O3S/c1-15-10-11-18(13-16(15)2)21-20(23)17-7-6-12-22(14-17)26(24,25)19-8-4-3-5-9-19/h3-5,8-11,13,17H,6-7,12,14H2,1-2H3,(H,21,23). The highest BCUT2D eigenvalue weighted by molar-refractivity contribution is 7.89. The van der Waals surface area contributed by atoms with Crippen LogP contribution in [0.5, 0.6) is 0 Å². The van der Waals surface area contributed by atoms with Crippen LogP contribution in [0.4, 0.5) is 5.69 Å². The lowest BCUT2D eigenvalue weighted by molar-refractivity contribution is -0.120. The molecule has 2 aromatic carbocycles. The van der Waals surface area contributed by atoms with Crippen LogP contribution in [0.2, 0.25) is 0 Å². The number of sulfonamides is 1. The van der Waals surface area contributed by atoms with Gasteiger partial charge in [-0.25, -0.2) is 8.42 Å². The van der Waals surface area contributed by atoms with Crippen molar-refractivity contribution in [3.63, 3.8) is 0 Å². The van der Waals surface area contributed by atoms with E-state index in [0.717, 1.165) is 11.3 Å². The van der Waals surface area contributed by atoms with Crippen LogP contribution < -0.4 is 5.32 Å². The Morgan fingerprint density at radius 1 is 1.08 bits per heavy atom. The van der Waals surface area contributed by atoms with Crippen LogP contribution in [-0.4, -0.2) is 31.7 Å². The summed E-state index contributed by atoms with van der Waals surface area (Å²) >= 11 is 0. The monoisotopic (exact) mass is 372 g/mol. The molecule has 1 heterocycles. The molecule has 0 saturated carbocycles. The predicted octanol–water partition coefficient (Wildman–Crippen LogP) is 3.34. The van der Waals surface area contributed by atoms with Gasteiger partial charge in [-0.3, -0.25) is 4.79 Å². The van der Waals surface area contributed by atoms with Crippen LogP contribution in [0, 0.1) is 19.8 Å². The Balaban J connectivity index is 1.71. The number of piperidine rings is 1. The highest BCUT2D eigenvalue weighted by Crippen LogP contribution is 2.25. The summed E-state index contributed by atoms with van der Waals surface area (Å²) in [6.07, 6.45) is 1.37. The van der Waals surface area contributed by atoms with Crippen molar-refractivity contribution in [3.8, 4) is 0 Å². The Morgan fingerprint density at radius 3 is 2.50 bits per heavy atom. The van der Waals surface area contributed by atoms with E-state index in [9.17, 15) is 13.2 Å². The van der Waals surface area contributed by atoms with Crippen molar-refractivity contribution in [2.75, 3.05) is 18.4 Å². The molecule has 1 unspecified atom stereocenters. The molecule has 1 aliphatic heterocycles. The third-order valence-electron chi connectivity index (χ3n) is 4.91. The van der Waals surface area contributed by atoms with Gasteiger partial charge < -0.3 is 5.32 Å².